The largest absolute Gasteiger partial charge is 0.466 e. The van der Waals surface area contributed by atoms with Crippen molar-refractivity contribution in [3.05, 3.63) is 90.7 Å². The van der Waals surface area contributed by atoms with Gasteiger partial charge in [-0.25, -0.2) is 9.59 Å². The maximum Gasteiger partial charge on any atom is 0.344 e. The van der Waals surface area contributed by atoms with E-state index in [1.807, 2.05) is 0 Å². The van der Waals surface area contributed by atoms with E-state index in [0.717, 1.165) is 42.4 Å². The SMILES string of the molecule is COC(=O)/C(S)=C(/CS/C(SC(=O)c1ccccc1)=C(\S)SC(=O)c1ccccc1)C(=O)OC. The van der Waals surface area contributed by atoms with Crippen LogP contribution < -0.4 is 0 Å². The minimum Gasteiger partial charge on any atom is -0.466 e. The summed E-state index contributed by atoms with van der Waals surface area (Å²) < 4.78 is 10.0. The van der Waals surface area contributed by atoms with Gasteiger partial charge < -0.3 is 9.47 Å². The summed E-state index contributed by atoms with van der Waals surface area (Å²) in [6.07, 6.45) is 0. The Morgan fingerprint density at radius 1 is 0.735 bits per heavy atom. The smallest absolute Gasteiger partial charge is 0.344 e. The number of hydrogen-bond donors (Lipinski definition) is 2. The molecular weight excluding hydrogens is 533 g/mol. The number of benzene rings is 2. The predicted molar refractivity (Wildman–Crippen MR) is 145 cm³/mol. The highest BCUT2D eigenvalue weighted by Gasteiger charge is 2.23. The molecule has 0 N–H and O–H groups in total. The van der Waals surface area contributed by atoms with E-state index in [9.17, 15) is 19.2 Å². The van der Waals surface area contributed by atoms with Crippen LogP contribution in [0.3, 0.4) is 0 Å². The van der Waals surface area contributed by atoms with Gasteiger partial charge in [-0.1, -0.05) is 60.7 Å². The lowest BCUT2D eigenvalue weighted by atomic mass is 10.2. The molecule has 2 aromatic carbocycles. The van der Waals surface area contributed by atoms with E-state index in [1.165, 1.54) is 7.11 Å². The molecule has 0 amide bonds. The Bertz CT molecular complexity index is 1110. The van der Waals surface area contributed by atoms with Crippen molar-refractivity contribution < 1.29 is 28.7 Å². The van der Waals surface area contributed by atoms with Gasteiger partial charge in [-0.05, 0) is 23.5 Å². The number of methoxy groups -OCH3 is 2. The fourth-order valence-electron chi connectivity index (χ4n) is 2.32. The van der Waals surface area contributed by atoms with E-state index in [0.29, 0.717) is 15.4 Å². The monoisotopic (exact) mass is 552 g/mol. The Labute approximate surface area is 221 Å². The summed E-state index contributed by atoms with van der Waals surface area (Å²) in [5.74, 6) is -1.65. The van der Waals surface area contributed by atoms with Crippen LogP contribution in [0.1, 0.15) is 20.7 Å². The van der Waals surface area contributed by atoms with Gasteiger partial charge in [0.15, 0.2) is 0 Å². The standard InChI is InChI=1S/C23H20O6S5/c1-28-18(24)16(17(30)19(25)29-2)13-32-23(34-21(27)15-11-7-4-8-12-15)22(31)33-20(26)14-9-5-3-6-10-14/h3-12,30-31H,13H2,1-2H3/b17-16+,23-22-. The van der Waals surface area contributed by atoms with E-state index >= 15 is 0 Å². The molecule has 2 aromatic rings. The molecule has 0 saturated carbocycles. The number of esters is 2. The summed E-state index contributed by atoms with van der Waals surface area (Å²) in [6.45, 7) is 0. The molecule has 11 heteroatoms. The van der Waals surface area contributed by atoms with Crippen LogP contribution in [0, 0.1) is 0 Å². The van der Waals surface area contributed by atoms with Gasteiger partial charge in [0.25, 0.3) is 0 Å². The average molecular weight is 553 g/mol. The first-order chi connectivity index (χ1) is 16.3. The van der Waals surface area contributed by atoms with Crippen molar-refractivity contribution in [1.82, 2.24) is 0 Å². The number of thioether (sulfide) groups is 3. The lowest BCUT2D eigenvalue weighted by Gasteiger charge is -2.12. The molecule has 0 spiro atoms. The van der Waals surface area contributed by atoms with Crippen molar-refractivity contribution in [2.24, 2.45) is 0 Å². The van der Waals surface area contributed by atoms with Gasteiger partial charge in [0, 0.05) is 16.9 Å². The molecule has 6 nitrogen and oxygen atoms in total. The fraction of sp³-hybridized carbons (Fsp3) is 0.130. The third-order valence-electron chi connectivity index (χ3n) is 4.01. The van der Waals surface area contributed by atoms with Crippen LogP contribution in [0.25, 0.3) is 0 Å². The number of carbonyl (C=O) groups is 4. The fourth-order valence-corrected chi connectivity index (χ4v) is 6.14. The summed E-state index contributed by atoms with van der Waals surface area (Å²) >= 11 is 11.3. The maximum absolute atomic E-state index is 12.8. The Morgan fingerprint density at radius 2 is 1.21 bits per heavy atom. The molecule has 0 fully saturated rings. The normalized spacial score (nSPS) is 12.2. The summed E-state index contributed by atoms with van der Waals surface area (Å²) in [5.41, 5.74) is 0.883. The molecule has 0 radical (unpaired) electrons. The van der Waals surface area contributed by atoms with E-state index in [2.05, 4.69) is 30.0 Å². The van der Waals surface area contributed by atoms with Gasteiger partial charge >= 0.3 is 11.9 Å². The highest BCUT2D eigenvalue weighted by molar-refractivity contribution is 8.33. The quantitative estimate of drug-likeness (QED) is 0.239. The van der Waals surface area contributed by atoms with Crippen LogP contribution in [0.2, 0.25) is 0 Å². The van der Waals surface area contributed by atoms with Gasteiger partial charge in [-0.2, -0.15) is 0 Å². The lowest BCUT2D eigenvalue weighted by molar-refractivity contribution is -0.138. The van der Waals surface area contributed by atoms with Crippen LogP contribution in [-0.4, -0.2) is 42.1 Å². The molecule has 0 aromatic heterocycles. The van der Waals surface area contributed by atoms with Gasteiger partial charge in [-0.15, -0.1) is 37.0 Å². The van der Waals surface area contributed by atoms with Crippen molar-refractivity contribution in [3.8, 4) is 0 Å². The molecule has 0 bridgehead atoms. The minimum absolute atomic E-state index is 0.0477. The van der Waals surface area contributed by atoms with E-state index in [-0.39, 0.29) is 30.7 Å². The third kappa shape index (κ3) is 8.31. The number of thiol groups is 2. The van der Waals surface area contributed by atoms with E-state index < -0.39 is 11.9 Å². The Balaban J connectivity index is 2.36. The zero-order valence-electron chi connectivity index (χ0n) is 18.0. The second-order valence-corrected chi connectivity index (χ2v) is 10.6. The van der Waals surface area contributed by atoms with Crippen molar-refractivity contribution in [1.29, 1.82) is 0 Å². The predicted octanol–water partition coefficient (Wildman–Crippen LogP) is 5.45. The molecule has 34 heavy (non-hydrogen) atoms. The second kappa shape index (κ2) is 14.4. The van der Waals surface area contributed by atoms with Crippen molar-refractivity contribution in [2.45, 2.75) is 0 Å². The van der Waals surface area contributed by atoms with Crippen molar-refractivity contribution in [3.63, 3.8) is 0 Å². The number of ether oxygens (including phenoxy) is 2. The van der Waals surface area contributed by atoms with Crippen LogP contribution in [0.15, 0.2) is 79.6 Å². The zero-order chi connectivity index (χ0) is 25.1. The highest BCUT2D eigenvalue weighted by Crippen LogP contribution is 2.42. The van der Waals surface area contributed by atoms with E-state index in [1.54, 1.807) is 60.7 Å². The van der Waals surface area contributed by atoms with Crippen molar-refractivity contribution >= 4 is 82.7 Å². The van der Waals surface area contributed by atoms with Crippen molar-refractivity contribution in [2.75, 3.05) is 20.0 Å². The van der Waals surface area contributed by atoms with Gasteiger partial charge in [-0.3, -0.25) is 9.59 Å². The van der Waals surface area contributed by atoms with Gasteiger partial charge in [0.1, 0.15) is 4.91 Å². The first-order valence-corrected chi connectivity index (χ1v) is 13.0. The number of carbonyl (C=O) groups excluding carboxylic acids is 4. The van der Waals surface area contributed by atoms with Crippen LogP contribution in [-0.2, 0) is 19.1 Å². The molecule has 2 rings (SSSR count). The number of rotatable bonds is 9. The van der Waals surface area contributed by atoms with Gasteiger partial charge in [0.2, 0.25) is 10.2 Å². The molecule has 0 atom stereocenters. The maximum atomic E-state index is 12.8. The molecule has 0 heterocycles. The Morgan fingerprint density at radius 3 is 1.68 bits per heavy atom. The van der Waals surface area contributed by atoms with Crippen LogP contribution in [0.5, 0.6) is 0 Å². The third-order valence-corrected chi connectivity index (χ3v) is 8.66. The zero-order valence-corrected chi connectivity index (χ0v) is 22.3. The first kappa shape index (κ1) is 28.2. The summed E-state index contributed by atoms with van der Waals surface area (Å²) in [5, 5.41) is -0.533. The molecule has 0 aliphatic heterocycles. The summed E-state index contributed by atoms with van der Waals surface area (Å²) in [6, 6.07) is 17.2. The molecular formula is C23H20O6S5. The minimum atomic E-state index is -0.803. The summed E-state index contributed by atoms with van der Waals surface area (Å²) in [4.78, 5) is 49.4. The Hall–Kier alpha value is -2.05. The molecule has 178 valence electrons. The second-order valence-electron chi connectivity index (χ2n) is 6.20. The van der Waals surface area contributed by atoms with Crippen LogP contribution >= 0.6 is 60.5 Å². The van der Waals surface area contributed by atoms with E-state index in [4.69, 9.17) is 4.74 Å². The lowest BCUT2D eigenvalue weighted by Crippen LogP contribution is -2.14. The summed E-state index contributed by atoms with van der Waals surface area (Å²) in [7, 11) is 2.34. The van der Waals surface area contributed by atoms with Crippen LogP contribution in [0.4, 0.5) is 0 Å². The van der Waals surface area contributed by atoms with Gasteiger partial charge in [0.05, 0.1) is 28.3 Å². The number of hydrogen-bond acceptors (Lipinski definition) is 11. The topological polar surface area (TPSA) is 86.7 Å². The molecule has 0 aliphatic rings. The molecule has 0 aliphatic carbocycles. The Kier molecular flexibility index (Phi) is 11.9. The molecule has 0 unspecified atom stereocenters. The first-order valence-electron chi connectivity index (χ1n) is 9.47. The molecule has 0 saturated heterocycles. The highest BCUT2D eigenvalue weighted by atomic mass is 32.2. The average Bonchev–Trinajstić information content (AvgIpc) is 2.87.